The number of fused-ring (bicyclic) bond motifs is 1. The average molecular weight is 220 g/mol. The predicted molar refractivity (Wildman–Crippen MR) is 58.9 cm³/mol. The fourth-order valence-electron chi connectivity index (χ4n) is 1.91. The third-order valence-corrected chi connectivity index (χ3v) is 3.69. The molecule has 0 amide bonds. The molecular formula is C11H9FN2S. The van der Waals surface area contributed by atoms with Crippen LogP contribution >= 0.6 is 11.3 Å². The average Bonchev–Trinajstić information content (AvgIpc) is 2.85. The molecule has 4 heteroatoms. The van der Waals surface area contributed by atoms with Gasteiger partial charge in [-0.2, -0.15) is 10.2 Å². The molecule has 0 aliphatic carbocycles. The van der Waals surface area contributed by atoms with Gasteiger partial charge in [-0.1, -0.05) is 12.1 Å². The van der Waals surface area contributed by atoms with Crippen LogP contribution in [-0.2, 0) is 0 Å². The zero-order valence-corrected chi connectivity index (χ0v) is 8.80. The number of halogens is 1. The van der Waals surface area contributed by atoms with Gasteiger partial charge in [-0.25, -0.2) is 4.39 Å². The molecular weight excluding hydrogens is 211 g/mol. The molecule has 1 aliphatic rings. The normalized spacial score (nSPS) is 20.2. The highest BCUT2D eigenvalue weighted by atomic mass is 32.1. The zero-order chi connectivity index (χ0) is 10.3. The summed E-state index contributed by atoms with van der Waals surface area (Å²) >= 11 is 1.45. The van der Waals surface area contributed by atoms with E-state index in [1.807, 2.05) is 11.4 Å². The Morgan fingerprint density at radius 2 is 2.33 bits per heavy atom. The van der Waals surface area contributed by atoms with Crippen LogP contribution in [0.5, 0.6) is 0 Å². The Kier molecular flexibility index (Phi) is 2.02. The minimum atomic E-state index is -0.140. The number of nitrogens with zero attached hydrogens (tertiary/aromatic N) is 2. The van der Waals surface area contributed by atoms with E-state index in [9.17, 15) is 4.39 Å². The van der Waals surface area contributed by atoms with E-state index in [1.165, 1.54) is 17.4 Å². The van der Waals surface area contributed by atoms with Crippen LogP contribution in [0.25, 0.3) is 10.1 Å². The molecule has 3 rings (SSSR count). The van der Waals surface area contributed by atoms with Crippen molar-refractivity contribution in [3.63, 3.8) is 0 Å². The molecule has 2 nitrogen and oxygen atoms in total. The number of thiophene rings is 1. The Labute approximate surface area is 90.5 Å². The molecule has 1 unspecified atom stereocenters. The summed E-state index contributed by atoms with van der Waals surface area (Å²) in [5.41, 5.74) is 1.12. The van der Waals surface area contributed by atoms with E-state index in [4.69, 9.17) is 0 Å². The van der Waals surface area contributed by atoms with Gasteiger partial charge in [0.15, 0.2) is 0 Å². The molecule has 15 heavy (non-hydrogen) atoms. The summed E-state index contributed by atoms with van der Waals surface area (Å²) in [4.78, 5) is 0. The summed E-state index contributed by atoms with van der Waals surface area (Å²) in [6, 6.07) is 5.34. The van der Waals surface area contributed by atoms with Gasteiger partial charge in [-0.3, -0.25) is 0 Å². The van der Waals surface area contributed by atoms with Gasteiger partial charge >= 0.3 is 0 Å². The van der Waals surface area contributed by atoms with Crippen molar-refractivity contribution in [2.24, 2.45) is 10.2 Å². The number of hydrogen-bond acceptors (Lipinski definition) is 3. The Bertz CT molecular complexity index is 532. The lowest BCUT2D eigenvalue weighted by Crippen LogP contribution is -1.89. The molecule has 2 aromatic rings. The van der Waals surface area contributed by atoms with Crippen molar-refractivity contribution in [3.8, 4) is 0 Å². The summed E-state index contributed by atoms with van der Waals surface area (Å²) in [7, 11) is 0. The first-order chi connectivity index (χ1) is 7.36. The standard InChI is InChI=1S/C11H9FN2S/c12-9-3-1-2-7-8(6-15-11(7)9)10-4-5-13-14-10/h1-3,6,10H,4-5H2. The molecule has 0 spiro atoms. The largest absolute Gasteiger partial charge is 0.205 e. The first kappa shape index (κ1) is 8.97. The molecule has 0 saturated heterocycles. The molecule has 1 aromatic heterocycles. The highest BCUT2D eigenvalue weighted by molar-refractivity contribution is 7.17. The Morgan fingerprint density at radius 3 is 3.13 bits per heavy atom. The molecule has 0 radical (unpaired) electrons. The highest BCUT2D eigenvalue weighted by Crippen LogP contribution is 2.36. The third-order valence-electron chi connectivity index (χ3n) is 2.66. The van der Waals surface area contributed by atoms with E-state index >= 15 is 0 Å². The number of benzene rings is 1. The summed E-state index contributed by atoms with van der Waals surface area (Å²) < 4.78 is 14.2. The van der Waals surface area contributed by atoms with Gasteiger partial charge in [0, 0.05) is 5.39 Å². The van der Waals surface area contributed by atoms with Crippen LogP contribution in [0.1, 0.15) is 18.0 Å². The van der Waals surface area contributed by atoms with Crippen LogP contribution in [0.4, 0.5) is 4.39 Å². The smallest absolute Gasteiger partial charge is 0.140 e. The lowest BCUT2D eigenvalue weighted by molar-refractivity contribution is 0.641. The van der Waals surface area contributed by atoms with Gasteiger partial charge in [0.25, 0.3) is 0 Å². The van der Waals surface area contributed by atoms with Crippen LogP contribution in [-0.4, -0.2) is 6.54 Å². The molecule has 1 aromatic carbocycles. The van der Waals surface area contributed by atoms with Crippen LogP contribution in [0, 0.1) is 5.82 Å². The van der Waals surface area contributed by atoms with Crippen molar-refractivity contribution < 1.29 is 4.39 Å². The van der Waals surface area contributed by atoms with Gasteiger partial charge in [0.1, 0.15) is 5.82 Å². The first-order valence-corrected chi connectivity index (χ1v) is 5.76. The van der Waals surface area contributed by atoms with E-state index in [1.54, 1.807) is 6.07 Å². The van der Waals surface area contributed by atoms with Crippen LogP contribution in [0.3, 0.4) is 0 Å². The minimum Gasteiger partial charge on any atom is -0.205 e. The minimum absolute atomic E-state index is 0.139. The molecule has 0 fully saturated rings. The SMILES string of the molecule is Fc1cccc2c(C3CCN=N3)csc12. The fraction of sp³-hybridized carbons (Fsp3) is 0.273. The number of rotatable bonds is 1. The van der Waals surface area contributed by atoms with Crippen molar-refractivity contribution >= 4 is 21.4 Å². The van der Waals surface area contributed by atoms with Crippen LogP contribution < -0.4 is 0 Å². The van der Waals surface area contributed by atoms with Gasteiger partial charge in [-0.15, -0.1) is 11.3 Å². The maximum absolute atomic E-state index is 13.4. The second-order valence-corrected chi connectivity index (χ2v) is 4.47. The summed E-state index contributed by atoms with van der Waals surface area (Å²) in [6.45, 7) is 0.789. The van der Waals surface area contributed by atoms with Crippen molar-refractivity contribution in [3.05, 3.63) is 35.0 Å². The Morgan fingerprint density at radius 1 is 1.40 bits per heavy atom. The van der Waals surface area contributed by atoms with Crippen molar-refractivity contribution in [1.82, 2.24) is 0 Å². The van der Waals surface area contributed by atoms with E-state index < -0.39 is 0 Å². The van der Waals surface area contributed by atoms with Gasteiger partial charge in [0.05, 0.1) is 17.3 Å². The number of hydrogen-bond donors (Lipinski definition) is 0. The molecule has 1 atom stereocenters. The Balaban J connectivity index is 2.19. The van der Waals surface area contributed by atoms with Crippen LogP contribution in [0.2, 0.25) is 0 Å². The van der Waals surface area contributed by atoms with E-state index in [2.05, 4.69) is 10.2 Å². The number of azo groups is 1. The van der Waals surface area contributed by atoms with Gasteiger partial charge < -0.3 is 0 Å². The maximum Gasteiger partial charge on any atom is 0.140 e. The highest BCUT2D eigenvalue weighted by Gasteiger charge is 2.19. The molecule has 76 valence electrons. The topological polar surface area (TPSA) is 24.7 Å². The first-order valence-electron chi connectivity index (χ1n) is 4.88. The molecule has 0 saturated carbocycles. The van der Waals surface area contributed by atoms with E-state index in [0.29, 0.717) is 0 Å². The second-order valence-electron chi connectivity index (χ2n) is 3.59. The lowest BCUT2D eigenvalue weighted by atomic mass is 10.0. The Hall–Kier alpha value is -1.29. The molecule has 0 N–H and O–H groups in total. The fourth-order valence-corrected chi connectivity index (χ4v) is 2.93. The monoisotopic (exact) mass is 220 g/mol. The van der Waals surface area contributed by atoms with Gasteiger partial charge in [-0.05, 0) is 23.4 Å². The predicted octanol–water partition coefficient (Wildman–Crippen LogP) is 3.94. The molecule has 0 bridgehead atoms. The quantitative estimate of drug-likeness (QED) is 0.695. The lowest BCUT2D eigenvalue weighted by Gasteiger charge is -2.02. The summed E-state index contributed by atoms with van der Waals surface area (Å²) in [5, 5.41) is 11.1. The van der Waals surface area contributed by atoms with E-state index in [0.717, 1.165) is 28.6 Å². The van der Waals surface area contributed by atoms with Crippen LogP contribution in [0.15, 0.2) is 33.8 Å². The third kappa shape index (κ3) is 1.36. The van der Waals surface area contributed by atoms with Crippen molar-refractivity contribution in [2.75, 3.05) is 6.54 Å². The summed E-state index contributed by atoms with van der Waals surface area (Å²) in [6.07, 6.45) is 0.947. The molecule has 2 heterocycles. The van der Waals surface area contributed by atoms with Crippen molar-refractivity contribution in [1.29, 1.82) is 0 Å². The maximum atomic E-state index is 13.4. The van der Waals surface area contributed by atoms with E-state index in [-0.39, 0.29) is 11.9 Å². The zero-order valence-electron chi connectivity index (χ0n) is 7.98. The van der Waals surface area contributed by atoms with Gasteiger partial charge in [0.2, 0.25) is 0 Å². The second kappa shape index (κ2) is 3.38. The van der Waals surface area contributed by atoms with Crippen molar-refractivity contribution in [2.45, 2.75) is 12.5 Å². The molecule has 1 aliphatic heterocycles. The summed E-state index contributed by atoms with van der Waals surface area (Å²) in [5.74, 6) is -0.140.